The Hall–Kier alpha value is -4.56. The van der Waals surface area contributed by atoms with E-state index in [-0.39, 0.29) is 17.6 Å². The first-order valence-corrected chi connectivity index (χ1v) is 11.7. The number of aliphatic hydroxyl groups is 3. The van der Waals surface area contributed by atoms with E-state index in [1.165, 1.54) is 32.0 Å². The Morgan fingerprint density at radius 1 is 1.23 bits per heavy atom. The molecule has 4 rings (SSSR count). The molecule has 1 amide bonds. The van der Waals surface area contributed by atoms with Gasteiger partial charge in [0.2, 0.25) is 11.5 Å². The molecular weight excluding hydrogens is 518 g/mol. The van der Waals surface area contributed by atoms with Crippen molar-refractivity contribution in [3.05, 3.63) is 56.9 Å². The predicted octanol–water partition coefficient (Wildman–Crippen LogP) is 0.275. The fraction of sp³-hybridized carbons (Fsp3) is 0.360. The first kappa shape index (κ1) is 27.5. The number of aliphatic hydroxyl groups excluding tert-OH is 2. The molecule has 5 atom stereocenters. The third-order valence-corrected chi connectivity index (χ3v) is 7.45. The SMILES string of the molecule is C=C1c2ccc([N+](=O)[O-])c(O)c2C(O)=C2C(=O)[C@]3(O)C(O)=C(C(N)=O)C(=O)[C@@H](N(C)C)[C@@H]3[C@@H](OC(=O)CC)[C@H]12. The molecule has 0 radical (unpaired) electrons. The van der Waals surface area contributed by atoms with Crippen LogP contribution in [-0.4, -0.2) is 85.5 Å². The van der Waals surface area contributed by atoms with Crippen LogP contribution < -0.4 is 5.73 Å². The van der Waals surface area contributed by atoms with Gasteiger partial charge in [-0.05, 0) is 31.3 Å². The number of fused-ring (bicyclic) bond motifs is 3. The van der Waals surface area contributed by atoms with Crippen LogP contribution in [0.2, 0.25) is 0 Å². The first-order valence-electron chi connectivity index (χ1n) is 11.7. The molecule has 1 saturated carbocycles. The van der Waals surface area contributed by atoms with Crippen LogP contribution in [0.15, 0.2) is 35.6 Å². The molecule has 3 aliphatic carbocycles. The summed E-state index contributed by atoms with van der Waals surface area (Å²) >= 11 is 0. The Kier molecular flexibility index (Phi) is 6.36. The quantitative estimate of drug-likeness (QED) is 0.146. The molecule has 0 aliphatic heterocycles. The van der Waals surface area contributed by atoms with Gasteiger partial charge in [0.1, 0.15) is 23.2 Å². The predicted molar refractivity (Wildman–Crippen MR) is 132 cm³/mol. The second-order valence-electron chi connectivity index (χ2n) is 9.67. The zero-order chi connectivity index (χ0) is 29.3. The number of hydrogen-bond acceptors (Lipinski definition) is 12. The highest BCUT2D eigenvalue weighted by Gasteiger charge is 2.69. The molecule has 1 aromatic rings. The molecule has 0 saturated heterocycles. The smallest absolute Gasteiger partial charge is 0.311 e. The van der Waals surface area contributed by atoms with Gasteiger partial charge in [0.05, 0.1) is 33.9 Å². The van der Waals surface area contributed by atoms with Crippen LogP contribution in [-0.2, 0) is 23.9 Å². The van der Waals surface area contributed by atoms with Gasteiger partial charge in [0.25, 0.3) is 5.91 Å². The topological polar surface area (TPSA) is 231 Å². The van der Waals surface area contributed by atoms with Crippen molar-refractivity contribution in [2.75, 3.05) is 14.1 Å². The fourth-order valence-corrected chi connectivity index (χ4v) is 5.73. The minimum atomic E-state index is -3.13. The second kappa shape index (κ2) is 9.03. The molecule has 39 heavy (non-hydrogen) atoms. The number of carbonyl (C=O) groups excluding carboxylic acids is 4. The Morgan fingerprint density at radius 2 is 1.85 bits per heavy atom. The molecule has 206 valence electrons. The zero-order valence-corrected chi connectivity index (χ0v) is 21.0. The summed E-state index contributed by atoms with van der Waals surface area (Å²) in [4.78, 5) is 63.9. The molecule has 0 bridgehead atoms. The number of phenols is 1. The van der Waals surface area contributed by atoms with Crippen molar-refractivity contribution in [3.8, 4) is 5.75 Å². The minimum Gasteiger partial charge on any atom is -0.508 e. The van der Waals surface area contributed by atoms with Gasteiger partial charge in [-0.3, -0.25) is 34.2 Å². The average molecular weight is 543 g/mol. The van der Waals surface area contributed by atoms with Crippen LogP contribution in [0, 0.1) is 22.0 Å². The van der Waals surface area contributed by atoms with E-state index >= 15 is 0 Å². The molecule has 0 unspecified atom stereocenters. The van der Waals surface area contributed by atoms with Crippen LogP contribution in [0.25, 0.3) is 11.3 Å². The van der Waals surface area contributed by atoms with Crippen molar-refractivity contribution < 1.29 is 49.3 Å². The second-order valence-corrected chi connectivity index (χ2v) is 9.67. The van der Waals surface area contributed by atoms with Crippen molar-refractivity contribution in [3.63, 3.8) is 0 Å². The van der Waals surface area contributed by atoms with Gasteiger partial charge in [-0.2, -0.15) is 0 Å². The fourth-order valence-electron chi connectivity index (χ4n) is 5.73. The monoisotopic (exact) mass is 543 g/mol. The number of likely N-dealkylation sites (N-methyl/N-ethyl adjacent to an activating group) is 1. The number of nitrogens with two attached hydrogens (primary N) is 1. The third-order valence-electron chi connectivity index (χ3n) is 7.45. The Bertz CT molecular complexity index is 1460. The number of hydrogen-bond donors (Lipinski definition) is 5. The molecule has 6 N–H and O–H groups in total. The highest BCUT2D eigenvalue weighted by atomic mass is 16.6. The van der Waals surface area contributed by atoms with E-state index in [0.717, 1.165) is 6.07 Å². The lowest BCUT2D eigenvalue weighted by atomic mass is 9.55. The van der Waals surface area contributed by atoms with Crippen LogP contribution in [0.3, 0.4) is 0 Å². The van der Waals surface area contributed by atoms with Crippen LogP contribution in [0.4, 0.5) is 5.69 Å². The van der Waals surface area contributed by atoms with Gasteiger partial charge in [-0.15, -0.1) is 0 Å². The van der Waals surface area contributed by atoms with Crippen LogP contribution in [0.1, 0.15) is 24.5 Å². The summed E-state index contributed by atoms with van der Waals surface area (Å²) in [5.41, 5.74) is -1.02. The van der Waals surface area contributed by atoms with E-state index in [1.807, 2.05) is 0 Å². The van der Waals surface area contributed by atoms with Crippen LogP contribution >= 0.6 is 0 Å². The van der Waals surface area contributed by atoms with E-state index in [9.17, 15) is 49.7 Å². The van der Waals surface area contributed by atoms with Crippen molar-refractivity contribution in [2.45, 2.75) is 31.1 Å². The van der Waals surface area contributed by atoms with Gasteiger partial charge in [0, 0.05) is 12.5 Å². The van der Waals surface area contributed by atoms with Crippen molar-refractivity contribution >= 4 is 40.5 Å². The van der Waals surface area contributed by atoms with Crippen molar-refractivity contribution in [1.82, 2.24) is 4.90 Å². The van der Waals surface area contributed by atoms with Crippen LogP contribution in [0.5, 0.6) is 5.75 Å². The maximum Gasteiger partial charge on any atom is 0.311 e. The number of rotatable bonds is 5. The van der Waals surface area contributed by atoms with E-state index in [4.69, 9.17) is 10.5 Å². The lowest BCUT2D eigenvalue weighted by Crippen LogP contribution is -2.70. The van der Waals surface area contributed by atoms with E-state index in [0.29, 0.717) is 0 Å². The number of nitro benzene ring substituents is 1. The number of ether oxygens (including phenoxy) is 1. The molecule has 14 nitrogen and oxygen atoms in total. The number of carbonyl (C=O) groups is 4. The molecule has 14 heteroatoms. The number of amides is 1. The summed E-state index contributed by atoms with van der Waals surface area (Å²) in [5.74, 6) is -11.3. The molecule has 1 aromatic carbocycles. The summed E-state index contributed by atoms with van der Waals surface area (Å²) in [6, 6.07) is 0.589. The van der Waals surface area contributed by atoms with E-state index in [1.54, 1.807) is 0 Å². The number of phenolic OH excluding ortho intramolecular Hbond substituents is 1. The minimum absolute atomic E-state index is 0.0266. The van der Waals surface area contributed by atoms with Gasteiger partial charge < -0.3 is 30.9 Å². The number of nitrogens with zero attached hydrogens (tertiary/aromatic N) is 2. The highest BCUT2D eigenvalue weighted by Crippen LogP contribution is 2.57. The molecule has 0 spiro atoms. The highest BCUT2D eigenvalue weighted by molar-refractivity contribution is 6.25. The molecule has 0 heterocycles. The third kappa shape index (κ3) is 3.55. The molecule has 3 aliphatic rings. The average Bonchev–Trinajstić information content (AvgIpc) is 2.84. The standard InChI is InChI=1S/C25H25N3O11/c1-5-11(29)39-21-12-8(2)9-6-7-10(28(37)38)18(30)13(9)19(31)14(12)22(33)25(36)16(21)17(27(3)4)20(32)15(23(25)34)24(26)35/h6-7,12,16-17,21,30-31,34,36H,2,5H2,1,3-4H3,(H2,26,35)/t12-,16-,17+,21+,25+/m1/s1. The maximum atomic E-state index is 14.0. The molecule has 1 fully saturated rings. The summed E-state index contributed by atoms with van der Waals surface area (Å²) < 4.78 is 5.64. The van der Waals surface area contributed by atoms with Gasteiger partial charge in [-0.1, -0.05) is 13.5 Å². The maximum absolute atomic E-state index is 14.0. The summed E-state index contributed by atoms with van der Waals surface area (Å²) in [6.07, 6.45) is -1.82. The number of esters is 1. The number of ketones is 2. The summed E-state index contributed by atoms with van der Waals surface area (Å²) in [5, 5.41) is 56.2. The molecule has 0 aromatic heterocycles. The Morgan fingerprint density at radius 3 is 2.36 bits per heavy atom. The van der Waals surface area contributed by atoms with Crippen molar-refractivity contribution in [1.29, 1.82) is 0 Å². The number of aromatic hydroxyl groups is 1. The van der Waals surface area contributed by atoms with E-state index < -0.39 is 97.6 Å². The number of primary amides is 1. The number of nitro groups is 1. The van der Waals surface area contributed by atoms with Gasteiger partial charge in [0.15, 0.2) is 11.4 Å². The molecular formula is C25H25N3O11. The van der Waals surface area contributed by atoms with Gasteiger partial charge in [-0.25, -0.2) is 0 Å². The van der Waals surface area contributed by atoms with Gasteiger partial charge >= 0.3 is 11.7 Å². The lowest BCUT2D eigenvalue weighted by Gasteiger charge is -2.53. The zero-order valence-electron chi connectivity index (χ0n) is 21.0. The van der Waals surface area contributed by atoms with Crippen molar-refractivity contribution in [2.24, 2.45) is 17.6 Å². The first-order chi connectivity index (χ1) is 18.1. The van der Waals surface area contributed by atoms with E-state index in [2.05, 4.69) is 6.58 Å². The summed E-state index contributed by atoms with van der Waals surface area (Å²) in [6.45, 7) is 5.38. The number of benzene rings is 1. The Balaban J connectivity index is 2.14. The number of Topliss-reactive ketones (excluding diaryl/α,β-unsaturated/α-hetero) is 2. The largest absolute Gasteiger partial charge is 0.508 e. The normalized spacial score (nSPS) is 28.2. The Labute approximate surface area is 220 Å². The lowest BCUT2D eigenvalue weighted by molar-refractivity contribution is -0.385. The summed E-state index contributed by atoms with van der Waals surface area (Å²) in [7, 11) is 2.77.